The summed E-state index contributed by atoms with van der Waals surface area (Å²) in [5, 5.41) is 23.9. The van der Waals surface area contributed by atoms with Crippen molar-refractivity contribution in [2.24, 2.45) is 5.92 Å². The van der Waals surface area contributed by atoms with Crippen LogP contribution in [0.3, 0.4) is 0 Å². The Hall–Kier alpha value is -2.76. The molecule has 0 atom stereocenters. The number of carboxylic acid groups (broad SMARTS) is 1. The van der Waals surface area contributed by atoms with Gasteiger partial charge in [-0.2, -0.15) is 0 Å². The number of ether oxygens (including phenoxy) is 1. The van der Waals surface area contributed by atoms with Gasteiger partial charge in [0.1, 0.15) is 0 Å². The van der Waals surface area contributed by atoms with E-state index in [1.807, 2.05) is 28.8 Å². The van der Waals surface area contributed by atoms with Crippen LogP contribution in [0.4, 0.5) is 11.1 Å². The Balaban J connectivity index is 1.52. The fourth-order valence-electron chi connectivity index (χ4n) is 5.05. The number of imidazole rings is 1. The highest BCUT2D eigenvalue weighted by Gasteiger charge is 2.25. The van der Waals surface area contributed by atoms with Crippen LogP contribution in [-0.2, 0) is 17.7 Å². The lowest BCUT2D eigenvalue weighted by Crippen LogP contribution is -2.36. The summed E-state index contributed by atoms with van der Waals surface area (Å²) in [6, 6.07) is 9.11. The molecule has 0 aliphatic carbocycles. The van der Waals surface area contributed by atoms with Crippen molar-refractivity contribution in [3.05, 3.63) is 46.5 Å². The van der Waals surface area contributed by atoms with Gasteiger partial charge in [0, 0.05) is 25.2 Å². The Morgan fingerprint density at radius 2 is 2.03 bits per heavy atom. The summed E-state index contributed by atoms with van der Waals surface area (Å²) in [5.41, 5.74) is 3.46. The lowest BCUT2D eigenvalue weighted by atomic mass is 9.87. The Labute approximate surface area is 223 Å². The van der Waals surface area contributed by atoms with Gasteiger partial charge in [-0.3, -0.25) is 0 Å². The van der Waals surface area contributed by atoms with Crippen LogP contribution in [0.25, 0.3) is 21.3 Å². The number of β-amino-alcohol motifs (C(OH)–C–C–N with tert-alkyl or cyclic N) is 1. The lowest BCUT2D eigenvalue weighted by molar-refractivity contribution is 0.0695. The van der Waals surface area contributed by atoms with Crippen LogP contribution in [0, 0.1) is 5.92 Å². The number of rotatable bonds is 10. The maximum Gasteiger partial charge on any atom is 0.336 e. The molecule has 3 heterocycles. The number of methoxy groups -OCH3 is 1. The van der Waals surface area contributed by atoms with E-state index in [1.165, 1.54) is 11.3 Å². The van der Waals surface area contributed by atoms with Gasteiger partial charge in [-0.15, -0.1) is 0 Å². The average Bonchev–Trinajstić information content (AvgIpc) is 3.44. The highest BCUT2D eigenvalue weighted by molar-refractivity contribution is 7.22. The molecule has 0 bridgehead atoms. The number of aliphatic hydroxyl groups excluding tert-OH is 1. The summed E-state index contributed by atoms with van der Waals surface area (Å²) in [6.45, 7) is 3.68. The maximum absolute atomic E-state index is 12.2. The molecule has 1 aliphatic heterocycles. The van der Waals surface area contributed by atoms with Crippen molar-refractivity contribution < 1.29 is 19.7 Å². The van der Waals surface area contributed by atoms with Gasteiger partial charge in [-0.05, 0) is 74.2 Å². The fraction of sp³-hybridized carbons (Fsp3) is 0.423. The van der Waals surface area contributed by atoms with E-state index in [0.29, 0.717) is 59.2 Å². The van der Waals surface area contributed by atoms with E-state index in [1.54, 1.807) is 13.2 Å². The third-order valence-electron chi connectivity index (χ3n) is 6.96. The van der Waals surface area contributed by atoms with Crippen LogP contribution in [0.5, 0.6) is 0 Å². The topological polar surface area (TPSA) is 113 Å². The van der Waals surface area contributed by atoms with Crippen molar-refractivity contribution in [3.8, 4) is 0 Å². The first-order valence-corrected chi connectivity index (χ1v) is 13.6. The molecule has 3 N–H and O–H groups in total. The molecule has 1 saturated heterocycles. The number of aliphatic hydroxyl groups is 1. The number of benzene rings is 2. The first kappa shape index (κ1) is 25.9. The standard InChI is InChI=1S/C26H30ClN5O4S/c1-36-13-11-32-21-5-3-18(24(34)35)19(14-16-6-8-31(9-7-16)10-12-33)23(21)29-25(32)30-26-28-20-4-2-17(27)15-22(20)37-26/h2-5,15-16,33H,6-14H2,1H3,(H,34,35)(H,28,29,30). The molecular formula is C26H30ClN5O4S. The minimum Gasteiger partial charge on any atom is -0.478 e. The first-order valence-electron chi connectivity index (χ1n) is 12.4. The van der Waals surface area contributed by atoms with E-state index >= 15 is 0 Å². The summed E-state index contributed by atoms with van der Waals surface area (Å²) in [4.78, 5) is 24.1. The second kappa shape index (κ2) is 11.3. The molecule has 37 heavy (non-hydrogen) atoms. The smallest absolute Gasteiger partial charge is 0.336 e. The summed E-state index contributed by atoms with van der Waals surface area (Å²) in [7, 11) is 1.65. The number of fused-ring (bicyclic) bond motifs is 2. The number of anilines is 2. The Morgan fingerprint density at radius 3 is 2.76 bits per heavy atom. The van der Waals surface area contributed by atoms with E-state index in [4.69, 9.17) is 21.3 Å². The maximum atomic E-state index is 12.2. The predicted molar refractivity (Wildman–Crippen MR) is 146 cm³/mol. The number of nitrogens with zero attached hydrogens (tertiary/aromatic N) is 4. The zero-order valence-corrected chi connectivity index (χ0v) is 22.2. The summed E-state index contributed by atoms with van der Waals surface area (Å²) in [6.07, 6.45) is 2.56. The number of hydrogen-bond acceptors (Lipinski definition) is 8. The van der Waals surface area contributed by atoms with Crippen LogP contribution >= 0.6 is 22.9 Å². The third kappa shape index (κ3) is 5.58. The van der Waals surface area contributed by atoms with Gasteiger partial charge in [0.2, 0.25) is 5.95 Å². The van der Waals surface area contributed by atoms with Gasteiger partial charge in [0.05, 0.1) is 40.0 Å². The van der Waals surface area contributed by atoms with Crippen molar-refractivity contribution in [1.29, 1.82) is 0 Å². The van der Waals surface area contributed by atoms with Crippen molar-refractivity contribution in [3.63, 3.8) is 0 Å². The highest BCUT2D eigenvalue weighted by atomic mass is 35.5. The summed E-state index contributed by atoms with van der Waals surface area (Å²) >= 11 is 7.64. The molecule has 1 fully saturated rings. The number of aromatic nitrogens is 3. The van der Waals surface area contributed by atoms with Crippen molar-refractivity contribution in [1.82, 2.24) is 19.4 Å². The van der Waals surface area contributed by atoms with Gasteiger partial charge < -0.3 is 29.7 Å². The molecule has 0 spiro atoms. The number of carboxylic acids is 1. The number of carbonyl (C=O) groups is 1. The number of aromatic carboxylic acids is 1. The largest absolute Gasteiger partial charge is 0.478 e. The molecule has 196 valence electrons. The molecule has 5 rings (SSSR count). The zero-order valence-electron chi connectivity index (χ0n) is 20.6. The van der Waals surface area contributed by atoms with Crippen LogP contribution in [0.1, 0.15) is 28.8 Å². The molecule has 0 unspecified atom stereocenters. The minimum atomic E-state index is -0.946. The van der Waals surface area contributed by atoms with Gasteiger partial charge >= 0.3 is 5.97 Å². The Kier molecular flexibility index (Phi) is 7.92. The van der Waals surface area contributed by atoms with E-state index in [-0.39, 0.29) is 6.61 Å². The molecule has 2 aromatic heterocycles. The van der Waals surface area contributed by atoms with Gasteiger partial charge in [-0.1, -0.05) is 22.9 Å². The van der Waals surface area contributed by atoms with Crippen molar-refractivity contribution >= 4 is 61.2 Å². The van der Waals surface area contributed by atoms with E-state index < -0.39 is 5.97 Å². The zero-order chi connectivity index (χ0) is 25.9. The molecule has 11 heteroatoms. The number of likely N-dealkylation sites (tertiary alicyclic amines) is 1. The molecule has 2 aromatic carbocycles. The number of halogens is 1. The van der Waals surface area contributed by atoms with Crippen LogP contribution in [0.15, 0.2) is 30.3 Å². The number of piperidine rings is 1. The molecule has 1 aliphatic rings. The van der Waals surface area contributed by atoms with Crippen molar-refractivity contribution in [2.75, 3.05) is 45.3 Å². The molecule has 0 radical (unpaired) electrons. The van der Waals surface area contributed by atoms with Crippen LogP contribution in [-0.4, -0.2) is 75.6 Å². The lowest BCUT2D eigenvalue weighted by Gasteiger charge is -2.31. The summed E-state index contributed by atoms with van der Waals surface area (Å²) in [5.74, 6) is 0.00515. The molecule has 0 saturated carbocycles. The van der Waals surface area contributed by atoms with Crippen molar-refractivity contribution in [2.45, 2.75) is 25.8 Å². The van der Waals surface area contributed by atoms with Gasteiger partial charge in [0.15, 0.2) is 5.13 Å². The number of thiazole rings is 1. The van der Waals surface area contributed by atoms with E-state index in [9.17, 15) is 15.0 Å². The molecule has 9 nitrogen and oxygen atoms in total. The second-order valence-corrected chi connectivity index (χ2v) is 10.8. The monoisotopic (exact) mass is 543 g/mol. The first-order chi connectivity index (χ1) is 18.0. The average molecular weight is 544 g/mol. The fourth-order valence-corrected chi connectivity index (χ4v) is 6.19. The van der Waals surface area contributed by atoms with Crippen LogP contribution in [0.2, 0.25) is 5.02 Å². The Bertz CT molecular complexity index is 1410. The quantitative estimate of drug-likeness (QED) is 0.265. The van der Waals surface area contributed by atoms with E-state index in [0.717, 1.165) is 47.2 Å². The third-order valence-corrected chi connectivity index (χ3v) is 8.13. The SMILES string of the molecule is COCCn1c(Nc2nc3ccc(Cl)cc3s2)nc2c(CC3CCN(CCO)CC3)c(C(=O)O)ccc21. The normalized spacial score (nSPS) is 15.1. The van der Waals surface area contributed by atoms with Crippen LogP contribution < -0.4 is 5.32 Å². The molecule has 0 amide bonds. The highest BCUT2D eigenvalue weighted by Crippen LogP contribution is 2.34. The number of nitrogens with one attached hydrogen (secondary N) is 1. The van der Waals surface area contributed by atoms with Gasteiger partial charge in [0.25, 0.3) is 0 Å². The second-order valence-electron chi connectivity index (χ2n) is 9.31. The number of hydrogen-bond donors (Lipinski definition) is 3. The van der Waals surface area contributed by atoms with E-state index in [2.05, 4.69) is 15.2 Å². The molecule has 4 aromatic rings. The predicted octanol–water partition coefficient (Wildman–Crippen LogP) is 4.63. The van der Waals surface area contributed by atoms with Gasteiger partial charge in [-0.25, -0.2) is 14.8 Å². The molecular weight excluding hydrogens is 514 g/mol. The summed E-state index contributed by atoms with van der Waals surface area (Å²) < 4.78 is 8.35. The Morgan fingerprint density at radius 1 is 1.22 bits per heavy atom. The minimum absolute atomic E-state index is 0.156.